The fourth-order valence-corrected chi connectivity index (χ4v) is 3.49. The highest BCUT2D eigenvalue weighted by Gasteiger charge is 2.33. The van der Waals surface area contributed by atoms with Gasteiger partial charge in [0.15, 0.2) is 11.5 Å². The van der Waals surface area contributed by atoms with Crippen LogP contribution in [0.4, 0.5) is 10.5 Å². The number of ether oxygens (including phenoxy) is 1. The predicted octanol–water partition coefficient (Wildman–Crippen LogP) is 3.38. The molecule has 1 aliphatic rings. The molecular formula is C22H24N4O4. The van der Waals surface area contributed by atoms with Gasteiger partial charge in [0, 0.05) is 24.5 Å². The van der Waals surface area contributed by atoms with Crippen LogP contribution in [-0.4, -0.2) is 38.7 Å². The molecule has 3 aromatic rings. The number of methoxy groups -OCH3 is 1. The molecule has 0 saturated heterocycles. The summed E-state index contributed by atoms with van der Waals surface area (Å²) < 4.78 is 6.70. The molecular weight excluding hydrogens is 384 g/mol. The lowest BCUT2D eigenvalue weighted by Crippen LogP contribution is -2.36. The Balaban J connectivity index is 1.59. The average molecular weight is 408 g/mol. The first-order valence-corrected chi connectivity index (χ1v) is 9.78. The Morgan fingerprint density at radius 3 is 2.73 bits per heavy atom. The van der Waals surface area contributed by atoms with E-state index < -0.39 is 0 Å². The van der Waals surface area contributed by atoms with Crippen molar-refractivity contribution in [2.75, 3.05) is 12.4 Å². The summed E-state index contributed by atoms with van der Waals surface area (Å²) in [5.74, 6) is 0.432. The Labute approximate surface area is 173 Å². The number of hydrogen-bond acceptors (Lipinski definition) is 4. The fourth-order valence-electron chi connectivity index (χ4n) is 3.49. The Morgan fingerprint density at radius 2 is 2.07 bits per heavy atom. The summed E-state index contributed by atoms with van der Waals surface area (Å²) in [6.07, 6.45) is 3.52. The van der Waals surface area contributed by atoms with Gasteiger partial charge in [-0.15, -0.1) is 0 Å². The van der Waals surface area contributed by atoms with Gasteiger partial charge in [-0.1, -0.05) is 18.2 Å². The molecule has 2 amide bonds. The van der Waals surface area contributed by atoms with Crippen LogP contribution in [0.25, 0.3) is 5.69 Å². The quantitative estimate of drug-likeness (QED) is 0.582. The lowest BCUT2D eigenvalue weighted by atomic mass is 10.2. The summed E-state index contributed by atoms with van der Waals surface area (Å²) in [4.78, 5) is 29.8. The van der Waals surface area contributed by atoms with Crippen molar-refractivity contribution >= 4 is 11.7 Å². The van der Waals surface area contributed by atoms with Gasteiger partial charge in [-0.05, 0) is 49.6 Å². The van der Waals surface area contributed by atoms with E-state index in [9.17, 15) is 14.7 Å². The molecule has 30 heavy (non-hydrogen) atoms. The molecule has 0 aliphatic heterocycles. The minimum Gasteiger partial charge on any atom is -0.504 e. The zero-order valence-corrected chi connectivity index (χ0v) is 16.9. The van der Waals surface area contributed by atoms with E-state index in [0.29, 0.717) is 23.7 Å². The number of aromatic nitrogens is 2. The van der Waals surface area contributed by atoms with Gasteiger partial charge in [0.2, 0.25) is 0 Å². The van der Waals surface area contributed by atoms with Gasteiger partial charge in [0.1, 0.15) is 0 Å². The van der Waals surface area contributed by atoms with Crippen LogP contribution in [-0.2, 0) is 6.54 Å². The molecule has 1 fully saturated rings. The second-order valence-corrected chi connectivity index (χ2v) is 7.38. The van der Waals surface area contributed by atoms with Crippen molar-refractivity contribution in [2.24, 2.45) is 0 Å². The van der Waals surface area contributed by atoms with E-state index in [-0.39, 0.29) is 23.5 Å². The molecule has 1 aromatic heterocycles. The maximum Gasteiger partial charge on any atom is 0.330 e. The highest BCUT2D eigenvalue weighted by molar-refractivity contribution is 5.92. The second kappa shape index (κ2) is 7.98. The van der Waals surface area contributed by atoms with Crippen molar-refractivity contribution in [1.82, 2.24) is 14.5 Å². The van der Waals surface area contributed by atoms with Crippen LogP contribution in [0.1, 0.15) is 24.1 Å². The van der Waals surface area contributed by atoms with Gasteiger partial charge in [-0.2, -0.15) is 0 Å². The number of aromatic hydroxyl groups is 1. The number of phenols is 1. The number of carbonyl (C=O) groups excluding carboxylic acids is 1. The van der Waals surface area contributed by atoms with Crippen LogP contribution in [0.15, 0.2) is 53.5 Å². The number of amides is 2. The number of nitrogens with one attached hydrogen (secondary N) is 2. The summed E-state index contributed by atoms with van der Waals surface area (Å²) >= 11 is 0. The van der Waals surface area contributed by atoms with E-state index in [1.165, 1.54) is 11.7 Å². The molecule has 2 aromatic carbocycles. The Bertz CT molecular complexity index is 1130. The average Bonchev–Trinajstić information content (AvgIpc) is 3.52. The van der Waals surface area contributed by atoms with Crippen molar-refractivity contribution in [3.8, 4) is 17.2 Å². The van der Waals surface area contributed by atoms with Gasteiger partial charge in [0.05, 0.1) is 18.5 Å². The topological polar surface area (TPSA) is 99.6 Å². The van der Waals surface area contributed by atoms with Crippen LogP contribution in [0.2, 0.25) is 0 Å². The Morgan fingerprint density at radius 1 is 1.30 bits per heavy atom. The van der Waals surface area contributed by atoms with Gasteiger partial charge in [-0.3, -0.25) is 4.57 Å². The minimum atomic E-state index is -0.260. The molecule has 0 radical (unpaired) electrons. The maximum atomic E-state index is 13.2. The molecule has 4 rings (SSSR count). The molecule has 1 heterocycles. The zero-order valence-electron chi connectivity index (χ0n) is 16.9. The lowest BCUT2D eigenvalue weighted by molar-refractivity contribution is 0.206. The van der Waals surface area contributed by atoms with E-state index >= 15 is 0 Å². The Hall–Kier alpha value is -3.68. The number of nitrogens with zero attached hydrogens (tertiary/aromatic N) is 2. The van der Waals surface area contributed by atoms with Crippen LogP contribution in [0, 0.1) is 6.92 Å². The number of rotatable bonds is 6. The predicted molar refractivity (Wildman–Crippen MR) is 113 cm³/mol. The summed E-state index contributed by atoms with van der Waals surface area (Å²) in [5.41, 5.74) is 2.51. The summed E-state index contributed by atoms with van der Waals surface area (Å²) in [6.45, 7) is 2.21. The molecule has 1 saturated carbocycles. The third-order valence-corrected chi connectivity index (χ3v) is 5.19. The largest absolute Gasteiger partial charge is 0.504 e. The van der Waals surface area contributed by atoms with Crippen LogP contribution >= 0.6 is 0 Å². The molecule has 8 nitrogen and oxygen atoms in total. The zero-order chi connectivity index (χ0) is 21.3. The van der Waals surface area contributed by atoms with Crippen molar-refractivity contribution < 1.29 is 14.6 Å². The monoisotopic (exact) mass is 408 g/mol. The first-order chi connectivity index (χ1) is 14.5. The summed E-state index contributed by atoms with van der Waals surface area (Å²) in [6, 6.07) is 12.2. The van der Waals surface area contributed by atoms with Crippen molar-refractivity contribution in [3.63, 3.8) is 0 Å². The summed E-state index contributed by atoms with van der Waals surface area (Å²) in [7, 11) is 1.49. The number of benzene rings is 2. The summed E-state index contributed by atoms with van der Waals surface area (Å²) in [5, 5.41) is 12.8. The second-order valence-electron chi connectivity index (χ2n) is 7.38. The first kappa shape index (κ1) is 19.6. The highest BCUT2D eigenvalue weighted by atomic mass is 16.5. The van der Waals surface area contributed by atoms with Gasteiger partial charge < -0.3 is 25.0 Å². The van der Waals surface area contributed by atoms with Crippen LogP contribution in [0.5, 0.6) is 11.5 Å². The number of aromatic amines is 1. The third kappa shape index (κ3) is 3.89. The molecule has 0 bridgehead atoms. The maximum absolute atomic E-state index is 13.2. The number of H-pyrrole nitrogens is 1. The van der Waals surface area contributed by atoms with Crippen LogP contribution in [0.3, 0.4) is 0 Å². The molecule has 0 spiro atoms. The molecule has 0 atom stereocenters. The SMILES string of the molecule is COc1cc(CN(C(=O)Nc2ccccc2-n2c(C)c[nH]c2=O)C2CC2)ccc1O. The number of imidazole rings is 1. The first-order valence-electron chi connectivity index (χ1n) is 9.78. The number of urea groups is 1. The third-order valence-electron chi connectivity index (χ3n) is 5.19. The molecule has 8 heteroatoms. The van der Waals surface area contributed by atoms with E-state index in [4.69, 9.17) is 4.74 Å². The lowest BCUT2D eigenvalue weighted by Gasteiger charge is -2.24. The number of para-hydroxylation sites is 2. The smallest absolute Gasteiger partial charge is 0.330 e. The highest BCUT2D eigenvalue weighted by Crippen LogP contribution is 2.32. The van der Waals surface area contributed by atoms with Gasteiger partial charge in [-0.25, -0.2) is 9.59 Å². The van der Waals surface area contributed by atoms with E-state index in [1.54, 1.807) is 41.4 Å². The Kier molecular flexibility index (Phi) is 5.22. The van der Waals surface area contributed by atoms with E-state index in [2.05, 4.69) is 10.3 Å². The molecule has 0 unspecified atom stereocenters. The minimum absolute atomic E-state index is 0.0601. The van der Waals surface area contributed by atoms with Crippen molar-refractivity contribution in [1.29, 1.82) is 0 Å². The van der Waals surface area contributed by atoms with Gasteiger partial charge in [0.25, 0.3) is 0 Å². The molecule has 1 aliphatic carbocycles. The number of phenolic OH excluding ortho intramolecular Hbond substituents is 1. The normalized spacial score (nSPS) is 13.1. The standard InChI is InChI=1S/C22H24N4O4/c1-14-12-23-21(28)26(14)18-6-4-3-5-17(18)24-22(29)25(16-8-9-16)13-15-7-10-19(27)20(11-15)30-2/h3-7,10-12,16,27H,8-9,13H2,1-2H3,(H,23,28)(H,24,29). The van der Waals surface area contributed by atoms with Crippen molar-refractivity contribution in [3.05, 3.63) is 70.4 Å². The fraction of sp³-hybridized carbons (Fsp3) is 0.273. The molecule has 3 N–H and O–H groups in total. The number of aryl methyl sites for hydroxylation is 1. The van der Waals surface area contributed by atoms with Crippen LogP contribution < -0.4 is 15.7 Å². The van der Waals surface area contributed by atoms with Gasteiger partial charge >= 0.3 is 11.7 Å². The van der Waals surface area contributed by atoms with Crippen molar-refractivity contribution in [2.45, 2.75) is 32.4 Å². The number of hydrogen-bond donors (Lipinski definition) is 3. The number of carbonyl (C=O) groups is 1. The molecule has 156 valence electrons. The van der Waals surface area contributed by atoms with E-state index in [1.807, 2.05) is 19.1 Å². The van der Waals surface area contributed by atoms with E-state index in [0.717, 1.165) is 24.1 Å². The number of anilines is 1.